The lowest BCUT2D eigenvalue weighted by Crippen LogP contribution is -2.44. The molecule has 2 aromatic heterocycles. The van der Waals surface area contributed by atoms with Gasteiger partial charge in [0.15, 0.2) is 0 Å². The molecule has 1 aromatic carbocycles. The van der Waals surface area contributed by atoms with Crippen LogP contribution in [0, 0.1) is 0 Å². The van der Waals surface area contributed by atoms with Gasteiger partial charge in [-0.05, 0) is 19.2 Å². The van der Waals surface area contributed by atoms with E-state index in [1.54, 1.807) is 18.2 Å². The lowest BCUT2D eigenvalue weighted by Gasteiger charge is -2.33. The van der Waals surface area contributed by atoms with Crippen LogP contribution >= 0.6 is 0 Å². The summed E-state index contributed by atoms with van der Waals surface area (Å²) in [5, 5.41) is 8.23. The SMILES string of the molecule is COc1ccc(Nc2nc(Nc3cc(OC)nc(N4CCN(C)CC4)c3)ncc2C(F)(F)F)c(NC(C)=O)c1. The van der Waals surface area contributed by atoms with Crippen molar-refractivity contribution < 1.29 is 27.4 Å². The van der Waals surface area contributed by atoms with Gasteiger partial charge in [-0.25, -0.2) is 4.98 Å². The molecule has 0 saturated carbocycles. The predicted octanol–water partition coefficient (Wildman–Crippen LogP) is 4.11. The van der Waals surface area contributed by atoms with E-state index in [2.05, 4.69) is 40.7 Å². The van der Waals surface area contributed by atoms with Gasteiger partial charge in [-0.15, -0.1) is 0 Å². The van der Waals surface area contributed by atoms with Crippen LogP contribution in [0.2, 0.25) is 0 Å². The summed E-state index contributed by atoms with van der Waals surface area (Å²) >= 11 is 0. The molecule has 208 valence electrons. The topological polar surface area (TPSA) is 117 Å². The largest absolute Gasteiger partial charge is 0.497 e. The number of anilines is 6. The van der Waals surface area contributed by atoms with Gasteiger partial charge >= 0.3 is 6.18 Å². The number of pyridine rings is 1. The zero-order valence-corrected chi connectivity index (χ0v) is 21.9. The highest BCUT2D eigenvalue weighted by Gasteiger charge is 2.35. The molecular formula is C25H29F3N8O3. The van der Waals surface area contributed by atoms with E-state index in [4.69, 9.17) is 9.47 Å². The van der Waals surface area contributed by atoms with E-state index in [1.807, 2.05) is 7.05 Å². The van der Waals surface area contributed by atoms with Crippen molar-refractivity contribution in [2.75, 3.05) is 68.3 Å². The Morgan fingerprint density at radius 1 is 0.974 bits per heavy atom. The molecule has 0 atom stereocenters. The number of ether oxygens (including phenoxy) is 2. The van der Waals surface area contributed by atoms with Crippen molar-refractivity contribution in [1.29, 1.82) is 0 Å². The van der Waals surface area contributed by atoms with E-state index in [1.165, 1.54) is 33.3 Å². The van der Waals surface area contributed by atoms with Crippen molar-refractivity contribution in [1.82, 2.24) is 19.9 Å². The van der Waals surface area contributed by atoms with Gasteiger partial charge in [-0.2, -0.15) is 23.1 Å². The summed E-state index contributed by atoms with van der Waals surface area (Å²) in [6.45, 7) is 4.55. The average molecular weight is 547 g/mol. The number of carbonyl (C=O) groups is 1. The number of halogens is 3. The molecule has 14 heteroatoms. The number of carbonyl (C=O) groups excluding carboxylic acids is 1. The number of amides is 1. The maximum absolute atomic E-state index is 13.9. The minimum Gasteiger partial charge on any atom is -0.497 e. The number of aromatic nitrogens is 3. The smallest absolute Gasteiger partial charge is 0.421 e. The Morgan fingerprint density at radius 2 is 1.72 bits per heavy atom. The number of methoxy groups -OCH3 is 2. The van der Waals surface area contributed by atoms with Crippen molar-refractivity contribution in [3.8, 4) is 11.6 Å². The van der Waals surface area contributed by atoms with Gasteiger partial charge in [0.2, 0.25) is 17.7 Å². The van der Waals surface area contributed by atoms with Gasteiger partial charge in [0.1, 0.15) is 22.9 Å². The standard InChI is InChI=1S/C25H29F3N8O3/c1-15(37)30-20-13-17(38-3)5-6-19(20)32-23-18(25(26,27)28)14-29-24(34-23)31-16-11-21(33-22(12-16)39-4)36-9-7-35(2)8-10-36/h5-6,11-14H,7-10H2,1-4H3,(H,30,37)(H2,29,31,32,33,34). The second-order valence-corrected chi connectivity index (χ2v) is 8.84. The number of hydrogen-bond donors (Lipinski definition) is 3. The van der Waals surface area contributed by atoms with Crippen LogP contribution in [0.4, 0.5) is 47.8 Å². The molecular weight excluding hydrogens is 517 g/mol. The van der Waals surface area contributed by atoms with Gasteiger partial charge in [0.25, 0.3) is 0 Å². The van der Waals surface area contributed by atoms with E-state index in [-0.39, 0.29) is 17.3 Å². The molecule has 0 unspecified atom stereocenters. The minimum atomic E-state index is -4.74. The van der Waals surface area contributed by atoms with Crippen molar-refractivity contribution >= 4 is 40.6 Å². The normalized spacial score (nSPS) is 14.1. The van der Waals surface area contributed by atoms with E-state index < -0.39 is 23.5 Å². The molecule has 39 heavy (non-hydrogen) atoms. The molecule has 1 fully saturated rings. The highest BCUT2D eigenvalue weighted by molar-refractivity contribution is 5.93. The fourth-order valence-electron chi connectivity index (χ4n) is 3.92. The Morgan fingerprint density at radius 3 is 2.36 bits per heavy atom. The lowest BCUT2D eigenvalue weighted by molar-refractivity contribution is -0.137. The molecule has 1 aliphatic rings. The lowest BCUT2D eigenvalue weighted by atomic mass is 10.2. The predicted molar refractivity (Wildman–Crippen MR) is 141 cm³/mol. The Bertz CT molecular complexity index is 1330. The van der Waals surface area contributed by atoms with Crippen molar-refractivity contribution in [3.05, 3.63) is 42.1 Å². The highest BCUT2D eigenvalue weighted by Crippen LogP contribution is 2.37. The summed E-state index contributed by atoms with van der Waals surface area (Å²) in [6, 6.07) is 7.88. The fourth-order valence-corrected chi connectivity index (χ4v) is 3.92. The van der Waals surface area contributed by atoms with E-state index >= 15 is 0 Å². The Balaban J connectivity index is 1.67. The first-order chi connectivity index (χ1) is 18.5. The van der Waals surface area contributed by atoms with Gasteiger partial charge in [-0.3, -0.25) is 4.79 Å². The summed E-state index contributed by atoms with van der Waals surface area (Å²) in [6.07, 6.45) is -4.05. The quantitative estimate of drug-likeness (QED) is 0.381. The number of nitrogens with one attached hydrogen (secondary N) is 3. The van der Waals surface area contributed by atoms with Crippen molar-refractivity contribution in [2.24, 2.45) is 0 Å². The first-order valence-corrected chi connectivity index (χ1v) is 12.0. The summed E-state index contributed by atoms with van der Waals surface area (Å²) in [5.74, 6) is 0.406. The van der Waals surface area contributed by atoms with Crippen LogP contribution in [0.15, 0.2) is 36.5 Å². The fraction of sp³-hybridized carbons (Fsp3) is 0.360. The Hall–Kier alpha value is -4.33. The Kier molecular flexibility index (Phi) is 8.24. The molecule has 0 bridgehead atoms. The molecule has 1 aliphatic heterocycles. The maximum Gasteiger partial charge on any atom is 0.421 e. The van der Waals surface area contributed by atoms with Crippen LogP contribution in [0.5, 0.6) is 11.6 Å². The van der Waals surface area contributed by atoms with Gasteiger partial charge in [-0.1, -0.05) is 0 Å². The monoisotopic (exact) mass is 546 g/mol. The molecule has 1 saturated heterocycles. The maximum atomic E-state index is 13.9. The molecule has 11 nitrogen and oxygen atoms in total. The van der Waals surface area contributed by atoms with Crippen LogP contribution in [-0.2, 0) is 11.0 Å². The number of alkyl halides is 3. The van der Waals surface area contributed by atoms with Crippen LogP contribution < -0.4 is 30.3 Å². The highest BCUT2D eigenvalue weighted by atomic mass is 19.4. The number of piperazine rings is 1. The van der Waals surface area contributed by atoms with Crippen LogP contribution in [0.3, 0.4) is 0 Å². The third-order valence-electron chi connectivity index (χ3n) is 5.97. The summed E-state index contributed by atoms with van der Waals surface area (Å²) in [7, 11) is 4.97. The molecule has 0 radical (unpaired) electrons. The third-order valence-corrected chi connectivity index (χ3v) is 5.97. The van der Waals surface area contributed by atoms with Gasteiger partial charge in [0, 0.05) is 63.2 Å². The molecule has 0 spiro atoms. The number of hydrogen-bond acceptors (Lipinski definition) is 10. The molecule has 4 rings (SSSR count). The molecule has 3 heterocycles. The molecule has 3 N–H and O–H groups in total. The molecule has 3 aromatic rings. The van der Waals surface area contributed by atoms with Crippen LogP contribution in [0.25, 0.3) is 0 Å². The van der Waals surface area contributed by atoms with E-state index in [9.17, 15) is 18.0 Å². The van der Waals surface area contributed by atoms with Crippen LogP contribution in [-0.4, -0.2) is 73.2 Å². The zero-order chi connectivity index (χ0) is 28.2. The summed E-state index contributed by atoms with van der Waals surface area (Å²) < 4.78 is 52.1. The van der Waals surface area contributed by atoms with E-state index in [0.717, 1.165) is 26.2 Å². The number of likely N-dealkylation sites (N-methyl/N-ethyl adjacent to an activating group) is 1. The number of rotatable bonds is 8. The van der Waals surface area contributed by atoms with Gasteiger partial charge < -0.3 is 35.2 Å². The Labute approximate surface area is 223 Å². The number of benzene rings is 1. The average Bonchev–Trinajstić information content (AvgIpc) is 2.89. The molecule has 1 amide bonds. The third kappa shape index (κ3) is 6.96. The first kappa shape index (κ1) is 27.7. The molecule has 0 aliphatic carbocycles. The van der Waals surface area contributed by atoms with Crippen LogP contribution in [0.1, 0.15) is 12.5 Å². The zero-order valence-electron chi connectivity index (χ0n) is 21.9. The van der Waals surface area contributed by atoms with E-state index in [0.29, 0.717) is 29.3 Å². The number of nitrogens with zero attached hydrogens (tertiary/aromatic N) is 5. The second kappa shape index (κ2) is 11.6. The van der Waals surface area contributed by atoms with Gasteiger partial charge in [0.05, 0.1) is 25.6 Å². The van der Waals surface area contributed by atoms with Crippen molar-refractivity contribution in [3.63, 3.8) is 0 Å². The minimum absolute atomic E-state index is 0.0855. The first-order valence-electron chi connectivity index (χ1n) is 12.0. The van der Waals surface area contributed by atoms with Crippen molar-refractivity contribution in [2.45, 2.75) is 13.1 Å². The summed E-state index contributed by atoms with van der Waals surface area (Å²) in [4.78, 5) is 28.5. The summed E-state index contributed by atoms with van der Waals surface area (Å²) in [5.41, 5.74) is -0.184. The second-order valence-electron chi connectivity index (χ2n) is 8.84.